The van der Waals surface area contributed by atoms with Crippen LogP contribution in [0.2, 0.25) is 6.55 Å². The van der Waals surface area contributed by atoms with Gasteiger partial charge in [-0.1, -0.05) is 75.5 Å². The van der Waals surface area contributed by atoms with Gasteiger partial charge in [0.2, 0.25) is 0 Å². The first-order chi connectivity index (χ1) is 11.7. The molecule has 0 radical (unpaired) electrons. The lowest BCUT2D eigenvalue weighted by Crippen LogP contribution is -2.67. The van der Waals surface area contributed by atoms with Crippen LogP contribution < -0.4 is 10.4 Å². The number of hydrogen-bond acceptors (Lipinski definition) is 5. The molecule has 26 heavy (non-hydrogen) atoms. The summed E-state index contributed by atoms with van der Waals surface area (Å²) in [5.41, 5.74) is 0. The van der Waals surface area contributed by atoms with E-state index in [9.17, 15) is 0 Å². The van der Waals surface area contributed by atoms with Crippen molar-refractivity contribution in [3.05, 3.63) is 60.7 Å². The summed E-state index contributed by atoms with van der Waals surface area (Å²) in [4.78, 5) is 0. The van der Waals surface area contributed by atoms with Crippen molar-refractivity contribution in [3.8, 4) is 0 Å². The molecule has 2 aromatic carbocycles. The quantitative estimate of drug-likeness (QED) is 0.590. The highest BCUT2D eigenvalue weighted by Gasteiger charge is 2.46. The maximum absolute atomic E-state index is 6.50. The van der Waals surface area contributed by atoms with Crippen LogP contribution >= 0.6 is 0 Å². The highest BCUT2D eigenvalue weighted by atomic mass is 28.5. The van der Waals surface area contributed by atoms with Gasteiger partial charge in [-0.05, 0) is 16.9 Å². The van der Waals surface area contributed by atoms with Crippen LogP contribution in [-0.4, -0.2) is 48.7 Å². The zero-order valence-electron chi connectivity index (χ0n) is 14.5. The van der Waals surface area contributed by atoms with Crippen LogP contribution in [0, 0.1) is 0 Å². The Bertz CT molecular complexity index is 557. The highest BCUT2D eigenvalue weighted by molar-refractivity contribution is 6.97. The van der Waals surface area contributed by atoms with E-state index in [4.69, 9.17) is 21.5 Å². The van der Waals surface area contributed by atoms with Gasteiger partial charge in [0, 0.05) is 21.3 Å². The van der Waals surface area contributed by atoms with Crippen LogP contribution in [0.1, 0.15) is 14.9 Å². The van der Waals surface area contributed by atoms with Crippen LogP contribution in [0.15, 0.2) is 60.7 Å². The third-order valence-corrected chi connectivity index (χ3v) is 12.0. The van der Waals surface area contributed by atoms with E-state index in [1.54, 1.807) is 21.3 Å². The average molecular weight is 413 g/mol. The van der Waals surface area contributed by atoms with Crippen molar-refractivity contribution in [2.24, 2.45) is 0 Å². The first-order valence-corrected chi connectivity index (χ1v) is 13.0. The first-order valence-electron chi connectivity index (χ1n) is 7.71. The van der Waals surface area contributed by atoms with Gasteiger partial charge < -0.3 is 21.5 Å². The van der Waals surface area contributed by atoms with Crippen molar-refractivity contribution < 1.29 is 21.5 Å². The lowest BCUT2D eigenvalue weighted by Gasteiger charge is -2.35. The van der Waals surface area contributed by atoms with Gasteiger partial charge in [0.05, 0.1) is 0 Å². The Kier molecular flexibility index (Phi) is 11.8. The van der Waals surface area contributed by atoms with Crippen LogP contribution in [0.5, 0.6) is 0 Å². The zero-order chi connectivity index (χ0) is 17.4. The SMILES string of the molecule is C.C.CO[SiH](C)O[Si](O[SiH](OC)OC)(c1ccccc1)c1ccccc1. The van der Waals surface area contributed by atoms with Gasteiger partial charge in [0.15, 0.2) is 0 Å². The van der Waals surface area contributed by atoms with Crippen molar-refractivity contribution in [3.63, 3.8) is 0 Å². The molecule has 0 aliphatic heterocycles. The number of benzene rings is 2. The number of rotatable bonds is 9. The molecule has 0 N–H and O–H groups in total. The third kappa shape index (κ3) is 5.96. The molecular formula is C18H32O5Si3. The maximum Gasteiger partial charge on any atom is 0.475 e. The molecule has 0 fully saturated rings. The van der Waals surface area contributed by atoms with Crippen molar-refractivity contribution >= 4 is 37.7 Å². The first kappa shape index (κ1) is 24.9. The normalized spacial score (nSPS) is 12.2. The molecule has 0 aliphatic rings. The van der Waals surface area contributed by atoms with Crippen molar-refractivity contribution in [1.82, 2.24) is 0 Å². The second-order valence-electron chi connectivity index (χ2n) is 5.15. The molecule has 2 aromatic rings. The molecule has 1 unspecified atom stereocenters. The summed E-state index contributed by atoms with van der Waals surface area (Å²) in [6, 6.07) is 20.0. The predicted octanol–water partition coefficient (Wildman–Crippen LogP) is 2.06. The summed E-state index contributed by atoms with van der Waals surface area (Å²) in [6.45, 7) is 1.99. The predicted molar refractivity (Wildman–Crippen MR) is 115 cm³/mol. The summed E-state index contributed by atoms with van der Waals surface area (Å²) in [7, 11) is -2.31. The Morgan fingerprint density at radius 2 is 1.08 bits per heavy atom. The van der Waals surface area contributed by atoms with Gasteiger partial charge in [0.1, 0.15) is 0 Å². The molecular weight excluding hydrogens is 380 g/mol. The van der Waals surface area contributed by atoms with E-state index < -0.39 is 27.4 Å². The molecule has 0 saturated heterocycles. The second-order valence-corrected chi connectivity index (χ2v) is 12.5. The fourth-order valence-electron chi connectivity index (χ4n) is 2.39. The van der Waals surface area contributed by atoms with E-state index in [0.29, 0.717) is 0 Å². The maximum atomic E-state index is 6.50. The molecule has 5 nitrogen and oxygen atoms in total. The molecule has 0 aliphatic carbocycles. The van der Waals surface area contributed by atoms with Crippen LogP contribution in [0.4, 0.5) is 0 Å². The monoisotopic (exact) mass is 412 g/mol. The molecule has 0 spiro atoms. The van der Waals surface area contributed by atoms with Crippen LogP contribution in [0.25, 0.3) is 0 Å². The average Bonchev–Trinajstić information content (AvgIpc) is 2.66. The minimum atomic E-state index is -2.99. The summed E-state index contributed by atoms with van der Waals surface area (Å²) < 4.78 is 29.3. The van der Waals surface area contributed by atoms with E-state index in [1.165, 1.54) is 0 Å². The minimum Gasteiger partial charge on any atom is -0.411 e. The van der Waals surface area contributed by atoms with E-state index in [2.05, 4.69) is 0 Å². The zero-order valence-corrected chi connectivity index (χ0v) is 17.8. The molecule has 0 aromatic heterocycles. The molecule has 2 rings (SSSR count). The van der Waals surface area contributed by atoms with E-state index >= 15 is 0 Å². The molecule has 0 saturated carbocycles. The fourth-order valence-corrected chi connectivity index (χ4v) is 11.2. The topological polar surface area (TPSA) is 46.2 Å². The van der Waals surface area contributed by atoms with Gasteiger partial charge in [-0.2, -0.15) is 0 Å². The van der Waals surface area contributed by atoms with Crippen LogP contribution in [0.3, 0.4) is 0 Å². The van der Waals surface area contributed by atoms with Gasteiger partial charge in [0.25, 0.3) is 0 Å². The fraction of sp³-hybridized carbons (Fsp3) is 0.333. The van der Waals surface area contributed by atoms with E-state index in [-0.39, 0.29) is 14.9 Å². The van der Waals surface area contributed by atoms with Crippen LogP contribution in [-0.2, 0) is 21.5 Å². The summed E-state index contributed by atoms with van der Waals surface area (Å²) in [5, 5.41) is 2.03. The molecule has 0 heterocycles. The van der Waals surface area contributed by atoms with Crippen molar-refractivity contribution in [2.45, 2.75) is 21.4 Å². The molecule has 0 amide bonds. The van der Waals surface area contributed by atoms with E-state index in [0.717, 1.165) is 10.4 Å². The number of hydrogen-bond donors (Lipinski definition) is 0. The smallest absolute Gasteiger partial charge is 0.411 e. The van der Waals surface area contributed by atoms with E-state index in [1.807, 2.05) is 67.2 Å². The van der Waals surface area contributed by atoms with Gasteiger partial charge in [-0.15, -0.1) is 0 Å². The molecule has 146 valence electrons. The summed E-state index contributed by atoms with van der Waals surface area (Å²) in [5.74, 6) is 0. The lowest BCUT2D eigenvalue weighted by atomic mass is 10.4. The Balaban J connectivity index is 0.00000312. The standard InChI is InChI=1S/C16H24O5Si3.2CH4/c1-17-22(4)20-24(21-23(18-2)19-3,15-11-7-5-8-12-15)16-13-9-6-10-14-16;;/h5-14,22-23H,1-4H3;2*1H4. The van der Waals surface area contributed by atoms with Crippen molar-refractivity contribution in [1.29, 1.82) is 0 Å². The van der Waals surface area contributed by atoms with Gasteiger partial charge >= 0.3 is 27.4 Å². The second kappa shape index (κ2) is 12.3. The lowest BCUT2D eigenvalue weighted by molar-refractivity contribution is 0.185. The summed E-state index contributed by atoms with van der Waals surface area (Å²) in [6.07, 6.45) is 0. The molecule has 1 atom stereocenters. The summed E-state index contributed by atoms with van der Waals surface area (Å²) >= 11 is 0. The Hall–Kier alpha value is -1.11. The molecule has 8 heteroatoms. The largest absolute Gasteiger partial charge is 0.475 e. The Morgan fingerprint density at radius 3 is 1.42 bits per heavy atom. The highest BCUT2D eigenvalue weighted by Crippen LogP contribution is 2.14. The Labute approximate surface area is 162 Å². The Morgan fingerprint density at radius 1 is 0.654 bits per heavy atom. The third-order valence-electron chi connectivity index (χ3n) is 3.62. The minimum absolute atomic E-state index is 0. The van der Waals surface area contributed by atoms with Gasteiger partial charge in [-0.3, -0.25) is 0 Å². The van der Waals surface area contributed by atoms with Crippen molar-refractivity contribution in [2.75, 3.05) is 21.3 Å². The molecule has 0 bridgehead atoms. The van der Waals surface area contributed by atoms with Gasteiger partial charge in [-0.25, -0.2) is 0 Å².